The highest BCUT2D eigenvalue weighted by Crippen LogP contribution is 2.17. The molecule has 1 aromatic carbocycles. The van der Waals surface area contributed by atoms with Crippen LogP contribution in [0.5, 0.6) is 5.75 Å². The van der Waals surface area contributed by atoms with Crippen LogP contribution >= 0.6 is 12.2 Å². The van der Waals surface area contributed by atoms with Gasteiger partial charge in [0.05, 0.1) is 12.7 Å². The minimum Gasteiger partial charge on any atom is -0.494 e. The number of anilines is 1. The van der Waals surface area contributed by atoms with Crippen LogP contribution in [0.2, 0.25) is 0 Å². The maximum atomic E-state index is 9.64. The van der Waals surface area contributed by atoms with Crippen molar-refractivity contribution in [3.8, 4) is 5.75 Å². The zero-order valence-electron chi connectivity index (χ0n) is 11.1. The molecule has 1 saturated heterocycles. The van der Waals surface area contributed by atoms with Gasteiger partial charge in [-0.1, -0.05) is 0 Å². The Hall–Kier alpha value is -1.33. The fraction of sp³-hybridized carbons (Fsp3) is 0.500. The summed E-state index contributed by atoms with van der Waals surface area (Å²) in [6.45, 7) is 4.14. The number of nitrogens with zero attached hydrogens (tertiary/aromatic N) is 1. The molecular formula is C14H20N2O2S. The third-order valence-electron chi connectivity index (χ3n) is 3.10. The van der Waals surface area contributed by atoms with Crippen LogP contribution in [-0.4, -0.2) is 40.9 Å². The van der Waals surface area contributed by atoms with E-state index >= 15 is 0 Å². The smallest absolute Gasteiger partial charge is 0.173 e. The fourth-order valence-corrected chi connectivity index (χ4v) is 2.43. The highest BCUT2D eigenvalue weighted by molar-refractivity contribution is 7.80. The molecule has 5 heteroatoms. The highest BCUT2D eigenvalue weighted by atomic mass is 32.1. The number of likely N-dealkylation sites (tertiary alicyclic amines) is 1. The van der Waals surface area contributed by atoms with Crippen LogP contribution in [0.3, 0.4) is 0 Å². The first-order valence-corrected chi connectivity index (χ1v) is 7.06. The number of aliphatic hydroxyl groups is 1. The van der Waals surface area contributed by atoms with Gasteiger partial charge < -0.3 is 20.1 Å². The van der Waals surface area contributed by atoms with Crippen molar-refractivity contribution in [1.29, 1.82) is 0 Å². The molecule has 19 heavy (non-hydrogen) atoms. The largest absolute Gasteiger partial charge is 0.494 e. The molecule has 104 valence electrons. The second-order valence-electron chi connectivity index (χ2n) is 4.63. The Morgan fingerprint density at radius 1 is 1.47 bits per heavy atom. The van der Waals surface area contributed by atoms with Crippen LogP contribution in [0, 0.1) is 0 Å². The summed E-state index contributed by atoms with van der Waals surface area (Å²) in [4.78, 5) is 2.01. The molecule has 0 saturated carbocycles. The van der Waals surface area contributed by atoms with Gasteiger partial charge in [-0.2, -0.15) is 0 Å². The van der Waals surface area contributed by atoms with Crippen LogP contribution in [-0.2, 0) is 0 Å². The molecule has 0 spiro atoms. The second-order valence-corrected chi connectivity index (χ2v) is 5.02. The molecule has 0 bridgehead atoms. The van der Waals surface area contributed by atoms with E-state index in [-0.39, 0.29) is 6.10 Å². The Kier molecular flexibility index (Phi) is 4.99. The maximum Gasteiger partial charge on any atom is 0.173 e. The Bertz CT molecular complexity index is 422. The minimum absolute atomic E-state index is 0.270. The minimum atomic E-state index is -0.270. The van der Waals surface area contributed by atoms with Crippen LogP contribution in [0.4, 0.5) is 5.69 Å². The molecule has 0 aliphatic carbocycles. The molecular weight excluding hydrogens is 260 g/mol. The number of rotatable bonds is 3. The van der Waals surface area contributed by atoms with E-state index in [1.165, 1.54) is 0 Å². The van der Waals surface area contributed by atoms with Crippen molar-refractivity contribution in [3.05, 3.63) is 24.3 Å². The molecule has 1 heterocycles. The van der Waals surface area contributed by atoms with Gasteiger partial charge in [0, 0.05) is 18.8 Å². The molecule has 1 fully saturated rings. The average molecular weight is 280 g/mol. The third-order valence-corrected chi connectivity index (χ3v) is 3.46. The summed E-state index contributed by atoms with van der Waals surface area (Å²) < 4.78 is 5.39. The number of piperidine rings is 1. The van der Waals surface area contributed by atoms with Crippen molar-refractivity contribution in [2.75, 3.05) is 25.0 Å². The molecule has 2 rings (SSSR count). The van der Waals surface area contributed by atoms with Crippen LogP contribution in [0.1, 0.15) is 19.8 Å². The van der Waals surface area contributed by atoms with E-state index in [9.17, 15) is 5.11 Å². The van der Waals surface area contributed by atoms with Crippen LogP contribution in [0.15, 0.2) is 24.3 Å². The summed E-state index contributed by atoms with van der Waals surface area (Å²) in [5.74, 6) is 0.854. The van der Waals surface area contributed by atoms with Crippen LogP contribution in [0.25, 0.3) is 0 Å². The molecule has 1 aliphatic heterocycles. The Labute approximate surface area is 119 Å². The lowest BCUT2D eigenvalue weighted by Gasteiger charge is -2.32. The third kappa shape index (κ3) is 4.08. The molecule has 0 unspecified atom stereocenters. The van der Waals surface area contributed by atoms with Gasteiger partial charge in [0.1, 0.15) is 5.75 Å². The molecule has 2 N–H and O–H groups in total. The van der Waals surface area contributed by atoms with Gasteiger partial charge in [0.15, 0.2) is 5.11 Å². The van der Waals surface area contributed by atoms with Gasteiger partial charge in [-0.25, -0.2) is 0 Å². The molecule has 1 atom stereocenters. The zero-order chi connectivity index (χ0) is 13.7. The van der Waals surface area contributed by atoms with E-state index < -0.39 is 0 Å². The van der Waals surface area contributed by atoms with Crippen molar-refractivity contribution in [2.24, 2.45) is 0 Å². The van der Waals surface area contributed by atoms with Crippen molar-refractivity contribution < 1.29 is 9.84 Å². The molecule has 0 aromatic heterocycles. The summed E-state index contributed by atoms with van der Waals surface area (Å²) in [5.41, 5.74) is 0.938. The summed E-state index contributed by atoms with van der Waals surface area (Å²) in [5, 5.41) is 13.5. The molecule has 0 amide bonds. The number of thiocarbonyl (C=S) groups is 1. The monoisotopic (exact) mass is 280 g/mol. The van der Waals surface area contributed by atoms with Gasteiger partial charge in [-0.3, -0.25) is 0 Å². The second kappa shape index (κ2) is 6.73. The Morgan fingerprint density at radius 3 is 2.84 bits per heavy atom. The lowest BCUT2D eigenvalue weighted by atomic mass is 10.1. The molecule has 0 radical (unpaired) electrons. The average Bonchev–Trinajstić information content (AvgIpc) is 2.41. The predicted octanol–water partition coefficient (Wildman–Crippen LogP) is 2.24. The van der Waals surface area contributed by atoms with Gasteiger partial charge in [0.2, 0.25) is 0 Å². The maximum absolute atomic E-state index is 9.64. The first kappa shape index (κ1) is 14.1. The van der Waals surface area contributed by atoms with Crippen molar-refractivity contribution >= 4 is 23.0 Å². The Morgan fingerprint density at radius 2 is 2.21 bits per heavy atom. The molecule has 4 nitrogen and oxygen atoms in total. The van der Waals surface area contributed by atoms with E-state index in [4.69, 9.17) is 17.0 Å². The number of hydrogen-bond acceptors (Lipinski definition) is 3. The van der Waals surface area contributed by atoms with E-state index in [1.807, 2.05) is 36.1 Å². The first-order chi connectivity index (χ1) is 9.19. The summed E-state index contributed by atoms with van der Waals surface area (Å²) in [7, 11) is 0. The van der Waals surface area contributed by atoms with Crippen molar-refractivity contribution in [2.45, 2.75) is 25.9 Å². The first-order valence-electron chi connectivity index (χ1n) is 6.66. The molecule has 1 aliphatic rings. The van der Waals surface area contributed by atoms with E-state index in [0.717, 1.165) is 30.8 Å². The van der Waals surface area contributed by atoms with Crippen LogP contribution < -0.4 is 10.1 Å². The molecule has 1 aromatic rings. The number of benzene rings is 1. The lowest BCUT2D eigenvalue weighted by Crippen LogP contribution is -2.44. The number of ether oxygens (including phenoxy) is 1. The van der Waals surface area contributed by atoms with E-state index in [0.29, 0.717) is 18.3 Å². The van der Waals surface area contributed by atoms with E-state index in [2.05, 4.69) is 5.32 Å². The predicted molar refractivity (Wildman–Crippen MR) is 80.6 cm³/mol. The lowest BCUT2D eigenvalue weighted by molar-refractivity contribution is 0.104. The number of aliphatic hydroxyl groups excluding tert-OH is 1. The standard InChI is InChI=1S/C14H20N2O2S/c1-2-18-13-7-5-11(6-8-13)15-14(19)16-9-3-4-12(17)10-16/h5-8,12,17H,2-4,9-10H2,1H3,(H,15,19)/t12-/m1/s1. The Balaban J connectivity index is 1.90. The summed E-state index contributed by atoms with van der Waals surface area (Å²) in [6.07, 6.45) is 1.57. The quantitative estimate of drug-likeness (QED) is 0.831. The van der Waals surface area contributed by atoms with E-state index in [1.54, 1.807) is 0 Å². The van der Waals surface area contributed by atoms with Crippen molar-refractivity contribution in [1.82, 2.24) is 4.90 Å². The highest BCUT2D eigenvalue weighted by Gasteiger charge is 2.19. The van der Waals surface area contributed by atoms with Crippen molar-refractivity contribution in [3.63, 3.8) is 0 Å². The zero-order valence-corrected chi connectivity index (χ0v) is 11.9. The number of hydrogen-bond donors (Lipinski definition) is 2. The normalized spacial score (nSPS) is 19.1. The SMILES string of the molecule is CCOc1ccc(NC(=S)N2CCC[C@@H](O)C2)cc1. The van der Waals surface area contributed by atoms with Gasteiger partial charge in [-0.15, -0.1) is 0 Å². The fourth-order valence-electron chi connectivity index (χ4n) is 2.14. The topological polar surface area (TPSA) is 44.7 Å². The van der Waals surface area contributed by atoms with Gasteiger partial charge in [0.25, 0.3) is 0 Å². The summed E-state index contributed by atoms with van der Waals surface area (Å²) in [6, 6.07) is 7.72. The number of nitrogens with one attached hydrogen (secondary N) is 1. The van der Waals surface area contributed by atoms with Gasteiger partial charge in [-0.05, 0) is 56.2 Å². The van der Waals surface area contributed by atoms with Gasteiger partial charge >= 0.3 is 0 Å². The number of β-amino-alcohol motifs (C(OH)–C–C–N with tert-alkyl or cyclic N) is 1. The summed E-state index contributed by atoms with van der Waals surface area (Å²) >= 11 is 5.37.